The Morgan fingerprint density at radius 2 is 1.36 bits per heavy atom. The Labute approximate surface area is 269 Å². The van der Waals surface area contributed by atoms with E-state index in [4.69, 9.17) is 0 Å². The molecule has 0 spiro atoms. The molecule has 2 fully saturated rings. The number of aromatic nitrogens is 4. The zero-order chi connectivity index (χ0) is 31.2. The Kier molecular flexibility index (Phi) is 7.58. The topological polar surface area (TPSA) is 75.9 Å². The zero-order valence-corrected chi connectivity index (χ0v) is 26.9. The summed E-state index contributed by atoms with van der Waals surface area (Å²) in [5.74, 6) is 1.25. The first-order chi connectivity index (χ1) is 21.8. The third-order valence-electron chi connectivity index (χ3n) is 9.22. The van der Waals surface area contributed by atoms with Gasteiger partial charge in [0.2, 0.25) is 5.91 Å². The highest BCUT2D eigenvalue weighted by atomic mass is 32.2. The lowest BCUT2D eigenvalue weighted by Crippen LogP contribution is -2.70. The number of rotatable bonds is 9. The third-order valence-corrected chi connectivity index (χ3v) is 10.8. The van der Waals surface area contributed by atoms with Crippen LogP contribution in [0.4, 0.5) is 0 Å². The molecule has 8 heteroatoms. The van der Waals surface area contributed by atoms with E-state index in [1.54, 1.807) is 0 Å². The number of carbonyl (C=O) groups is 1. The van der Waals surface area contributed by atoms with Gasteiger partial charge in [0.1, 0.15) is 17.5 Å². The van der Waals surface area contributed by atoms with E-state index in [2.05, 4.69) is 146 Å². The molecule has 45 heavy (non-hydrogen) atoms. The normalized spacial score (nSPS) is 20.7. The van der Waals surface area contributed by atoms with Gasteiger partial charge < -0.3 is 4.90 Å². The standard InChI is InChI=1S/C37H38N6OS/c1-25(2)27-22-20-26(21-23-27)24-42-33(39-40-41-42)32-36(3,4)45-35-31(34(44)43(32)35)38-37(28-14-8-5-9-15-28,29-16-10-6-11-17-29)30-18-12-7-13-19-30/h5-23,25,31-32,35,38H,24H2,1-4H3. The van der Waals surface area contributed by atoms with Gasteiger partial charge in [-0.1, -0.05) is 129 Å². The molecule has 0 radical (unpaired) electrons. The highest BCUT2D eigenvalue weighted by molar-refractivity contribution is 8.01. The molecule has 228 valence electrons. The van der Waals surface area contributed by atoms with Crippen molar-refractivity contribution >= 4 is 17.7 Å². The van der Waals surface area contributed by atoms with Crippen molar-refractivity contribution in [2.75, 3.05) is 0 Å². The second kappa shape index (κ2) is 11.6. The van der Waals surface area contributed by atoms with Gasteiger partial charge in [0.25, 0.3) is 0 Å². The number of benzene rings is 4. The molecule has 3 heterocycles. The Hall–Kier alpha value is -4.27. The summed E-state index contributed by atoms with van der Waals surface area (Å²) < 4.78 is 1.55. The lowest BCUT2D eigenvalue weighted by Gasteiger charge is -2.49. The quantitative estimate of drug-likeness (QED) is 0.150. The van der Waals surface area contributed by atoms with Gasteiger partial charge in [0.15, 0.2) is 5.82 Å². The second-order valence-electron chi connectivity index (χ2n) is 12.8. The van der Waals surface area contributed by atoms with E-state index in [0.29, 0.717) is 12.5 Å². The predicted molar refractivity (Wildman–Crippen MR) is 179 cm³/mol. The molecule has 5 aromatic rings. The van der Waals surface area contributed by atoms with Crippen LogP contribution in [0.15, 0.2) is 115 Å². The summed E-state index contributed by atoms with van der Waals surface area (Å²) in [6.45, 7) is 9.33. The van der Waals surface area contributed by atoms with Crippen molar-refractivity contribution < 1.29 is 4.79 Å². The van der Waals surface area contributed by atoms with Gasteiger partial charge in [-0.2, -0.15) is 0 Å². The highest BCUT2D eigenvalue weighted by Gasteiger charge is 2.64. The number of thioether (sulfide) groups is 1. The Balaban J connectivity index is 1.23. The second-order valence-corrected chi connectivity index (χ2v) is 14.6. The number of hydrogen-bond donors (Lipinski definition) is 1. The summed E-state index contributed by atoms with van der Waals surface area (Å²) in [6.07, 6.45) is 0. The van der Waals surface area contributed by atoms with Gasteiger partial charge in [-0.25, -0.2) is 4.68 Å². The fourth-order valence-electron chi connectivity index (χ4n) is 6.91. The van der Waals surface area contributed by atoms with Crippen LogP contribution >= 0.6 is 11.8 Å². The summed E-state index contributed by atoms with van der Waals surface area (Å²) in [5, 5.41) is 16.8. The molecular weight excluding hydrogens is 577 g/mol. The average Bonchev–Trinajstić information content (AvgIpc) is 3.61. The van der Waals surface area contributed by atoms with Crippen LogP contribution in [0.3, 0.4) is 0 Å². The number of hydrogen-bond acceptors (Lipinski definition) is 6. The maximum absolute atomic E-state index is 14.4. The molecule has 2 saturated heterocycles. The van der Waals surface area contributed by atoms with Gasteiger partial charge in [-0.15, -0.1) is 16.9 Å². The van der Waals surface area contributed by atoms with Gasteiger partial charge in [-0.3, -0.25) is 10.1 Å². The zero-order valence-electron chi connectivity index (χ0n) is 26.0. The van der Waals surface area contributed by atoms with Crippen LogP contribution in [0, 0.1) is 0 Å². The lowest BCUT2D eigenvalue weighted by molar-refractivity contribution is -0.150. The molecular formula is C37H38N6OS. The highest BCUT2D eigenvalue weighted by Crippen LogP contribution is 2.57. The number of nitrogens with zero attached hydrogens (tertiary/aromatic N) is 5. The van der Waals surface area contributed by atoms with Crippen molar-refractivity contribution in [2.24, 2.45) is 0 Å². The summed E-state index contributed by atoms with van der Waals surface area (Å²) >= 11 is 1.82. The molecule has 1 N–H and O–H groups in total. The van der Waals surface area contributed by atoms with Crippen LogP contribution in [-0.2, 0) is 16.9 Å². The predicted octanol–water partition coefficient (Wildman–Crippen LogP) is 6.53. The van der Waals surface area contributed by atoms with Crippen molar-refractivity contribution in [3.05, 3.63) is 149 Å². The molecule has 4 aromatic carbocycles. The van der Waals surface area contributed by atoms with Gasteiger partial charge in [0, 0.05) is 4.75 Å². The Morgan fingerprint density at radius 3 is 1.87 bits per heavy atom. The number of tetrazole rings is 1. The van der Waals surface area contributed by atoms with Gasteiger partial charge >= 0.3 is 0 Å². The van der Waals surface area contributed by atoms with E-state index in [0.717, 1.165) is 28.1 Å². The minimum absolute atomic E-state index is 0.0612. The summed E-state index contributed by atoms with van der Waals surface area (Å²) in [7, 11) is 0. The maximum atomic E-state index is 14.4. The third kappa shape index (κ3) is 5.06. The number of nitrogens with one attached hydrogen (secondary N) is 1. The number of amides is 1. The number of β-lactam (4-membered cyclic amide) rings is 1. The fourth-order valence-corrected chi connectivity index (χ4v) is 8.54. The van der Waals surface area contributed by atoms with Crippen LogP contribution in [0.25, 0.3) is 0 Å². The van der Waals surface area contributed by atoms with E-state index in [1.807, 2.05) is 39.5 Å². The van der Waals surface area contributed by atoms with Gasteiger partial charge in [-0.05, 0) is 58.0 Å². The summed E-state index contributed by atoms with van der Waals surface area (Å²) in [5.41, 5.74) is 4.94. The van der Waals surface area contributed by atoms with Crippen molar-refractivity contribution in [3.63, 3.8) is 0 Å². The molecule has 0 saturated carbocycles. The number of carbonyl (C=O) groups excluding carboxylic acids is 1. The molecule has 7 rings (SSSR count). The van der Waals surface area contributed by atoms with E-state index in [-0.39, 0.29) is 22.1 Å². The molecule has 2 aliphatic heterocycles. The first-order valence-corrected chi connectivity index (χ1v) is 16.5. The molecule has 3 unspecified atom stereocenters. The van der Waals surface area contributed by atoms with Crippen LogP contribution in [-0.4, -0.2) is 47.2 Å². The summed E-state index contributed by atoms with van der Waals surface area (Å²) in [4.78, 5) is 16.3. The maximum Gasteiger partial charge on any atom is 0.244 e. The minimum atomic E-state index is -0.733. The van der Waals surface area contributed by atoms with Crippen molar-refractivity contribution in [1.29, 1.82) is 0 Å². The average molecular weight is 615 g/mol. The van der Waals surface area contributed by atoms with Gasteiger partial charge in [0.05, 0.1) is 12.1 Å². The monoisotopic (exact) mass is 614 g/mol. The Bertz CT molecular complexity index is 1680. The molecule has 3 atom stereocenters. The smallest absolute Gasteiger partial charge is 0.244 e. The molecule has 0 bridgehead atoms. The summed E-state index contributed by atoms with van der Waals surface area (Å²) in [6, 6.07) is 39.3. The van der Waals surface area contributed by atoms with E-state index in [1.165, 1.54) is 5.56 Å². The van der Waals surface area contributed by atoms with Crippen LogP contribution in [0.1, 0.15) is 73.3 Å². The van der Waals surface area contributed by atoms with E-state index >= 15 is 0 Å². The lowest BCUT2D eigenvalue weighted by atomic mass is 9.76. The first kappa shape index (κ1) is 29.4. The van der Waals surface area contributed by atoms with Crippen LogP contribution < -0.4 is 5.32 Å². The molecule has 1 aromatic heterocycles. The molecule has 1 amide bonds. The van der Waals surface area contributed by atoms with E-state index in [9.17, 15) is 4.79 Å². The van der Waals surface area contributed by atoms with E-state index < -0.39 is 11.6 Å². The molecule has 0 aliphatic carbocycles. The van der Waals surface area contributed by atoms with Crippen molar-refractivity contribution in [3.8, 4) is 0 Å². The minimum Gasteiger partial charge on any atom is -0.315 e. The largest absolute Gasteiger partial charge is 0.315 e. The molecule has 7 nitrogen and oxygen atoms in total. The van der Waals surface area contributed by atoms with Crippen LogP contribution in [0.2, 0.25) is 0 Å². The van der Waals surface area contributed by atoms with Crippen molar-refractivity contribution in [2.45, 2.75) is 67.9 Å². The Morgan fingerprint density at radius 1 is 0.822 bits per heavy atom. The van der Waals surface area contributed by atoms with Crippen LogP contribution in [0.5, 0.6) is 0 Å². The van der Waals surface area contributed by atoms with Crippen molar-refractivity contribution in [1.82, 2.24) is 30.4 Å². The number of fused-ring (bicyclic) bond motifs is 1. The fraction of sp³-hybridized carbons (Fsp3) is 0.297. The first-order valence-electron chi connectivity index (χ1n) is 15.6. The SMILES string of the molecule is CC(C)c1ccc(Cn2nnnc2C2N3C(=O)C(NC(c4ccccc4)(c4ccccc4)c4ccccc4)C3SC2(C)C)cc1. The molecule has 2 aliphatic rings.